The number of hydrogen-bond acceptors (Lipinski definition) is 6. The molecule has 0 heterocycles. The van der Waals surface area contributed by atoms with E-state index in [2.05, 4.69) is 20.9 Å². The van der Waals surface area contributed by atoms with Gasteiger partial charge in [0.2, 0.25) is 5.91 Å². The Balaban J connectivity index is 3.35. The number of amides is 1. The SMILES string of the molecule is NCCCNCCCCNCCCNC(=O)[C@@H](N)CCCN=C(N)N. The van der Waals surface area contributed by atoms with Crippen LogP contribution in [0.25, 0.3) is 0 Å². The summed E-state index contributed by atoms with van der Waals surface area (Å²) in [5, 5.41) is 9.59. The molecular weight excluding hydrogens is 320 g/mol. The van der Waals surface area contributed by atoms with E-state index in [9.17, 15) is 4.79 Å². The lowest BCUT2D eigenvalue weighted by molar-refractivity contribution is -0.122. The van der Waals surface area contributed by atoms with Crippen LogP contribution in [0.15, 0.2) is 4.99 Å². The monoisotopic (exact) mass is 358 g/mol. The minimum atomic E-state index is -0.506. The molecule has 148 valence electrons. The highest BCUT2D eigenvalue weighted by molar-refractivity contribution is 5.81. The Bertz CT molecular complexity index is 347. The fourth-order valence-electron chi connectivity index (χ4n) is 2.18. The third kappa shape index (κ3) is 17.2. The molecule has 0 radical (unpaired) electrons. The molecule has 1 atom stereocenters. The number of carbonyl (C=O) groups is 1. The second kappa shape index (κ2) is 17.4. The molecule has 0 fully saturated rings. The van der Waals surface area contributed by atoms with Crippen LogP contribution in [-0.2, 0) is 4.79 Å². The standard InChI is InChI=1S/C16H38N8O/c17-7-4-10-21-8-1-2-9-22-11-5-13-23-15(25)14(18)6-3-12-24-16(19)20/h14,21-22H,1-13,17-18H2,(H,23,25)(H4,19,20,24)/t14-/m0/s1. The first-order chi connectivity index (χ1) is 12.1. The Morgan fingerprint density at radius 2 is 1.48 bits per heavy atom. The smallest absolute Gasteiger partial charge is 0.236 e. The minimum absolute atomic E-state index is 0.0633. The minimum Gasteiger partial charge on any atom is -0.370 e. The van der Waals surface area contributed by atoms with Crippen LogP contribution in [0.3, 0.4) is 0 Å². The van der Waals surface area contributed by atoms with E-state index in [1.54, 1.807) is 0 Å². The van der Waals surface area contributed by atoms with Crippen molar-refractivity contribution >= 4 is 11.9 Å². The first-order valence-electron chi connectivity index (χ1n) is 9.28. The Labute approximate surface area is 151 Å². The maximum Gasteiger partial charge on any atom is 0.236 e. The Kier molecular flexibility index (Phi) is 16.4. The molecule has 0 aliphatic carbocycles. The first-order valence-corrected chi connectivity index (χ1v) is 9.28. The fourth-order valence-corrected chi connectivity index (χ4v) is 2.18. The van der Waals surface area contributed by atoms with Gasteiger partial charge in [0.25, 0.3) is 0 Å². The highest BCUT2D eigenvalue weighted by Crippen LogP contribution is 1.95. The van der Waals surface area contributed by atoms with E-state index in [4.69, 9.17) is 22.9 Å². The molecule has 0 bridgehead atoms. The first kappa shape index (κ1) is 23.6. The van der Waals surface area contributed by atoms with Crippen LogP contribution in [-0.4, -0.2) is 63.7 Å². The molecule has 0 aliphatic rings. The van der Waals surface area contributed by atoms with Gasteiger partial charge < -0.3 is 38.9 Å². The van der Waals surface area contributed by atoms with Crippen LogP contribution < -0.4 is 38.9 Å². The molecule has 0 aromatic carbocycles. The molecule has 9 heteroatoms. The molecule has 0 saturated heterocycles. The van der Waals surface area contributed by atoms with Gasteiger partial charge in [-0.1, -0.05) is 0 Å². The molecular formula is C16H38N8O. The Hall–Kier alpha value is -1.42. The number of hydrogen-bond donors (Lipinski definition) is 7. The number of nitrogens with zero attached hydrogens (tertiary/aromatic N) is 1. The molecule has 0 aromatic heterocycles. The predicted molar refractivity (Wildman–Crippen MR) is 104 cm³/mol. The van der Waals surface area contributed by atoms with Gasteiger partial charge in [-0.3, -0.25) is 9.79 Å². The van der Waals surface area contributed by atoms with Crippen LogP contribution in [0.2, 0.25) is 0 Å². The van der Waals surface area contributed by atoms with Crippen molar-refractivity contribution in [1.82, 2.24) is 16.0 Å². The summed E-state index contributed by atoms with van der Waals surface area (Å²) >= 11 is 0. The number of nitrogens with two attached hydrogens (primary N) is 4. The van der Waals surface area contributed by atoms with Crippen LogP contribution in [0.5, 0.6) is 0 Å². The quantitative estimate of drug-likeness (QED) is 0.0911. The van der Waals surface area contributed by atoms with Gasteiger partial charge in [0.1, 0.15) is 0 Å². The highest BCUT2D eigenvalue weighted by Gasteiger charge is 2.11. The summed E-state index contributed by atoms with van der Waals surface area (Å²) in [5.41, 5.74) is 21.7. The summed E-state index contributed by atoms with van der Waals surface area (Å²) in [7, 11) is 0. The van der Waals surface area contributed by atoms with Crippen molar-refractivity contribution in [3.05, 3.63) is 0 Å². The molecule has 0 spiro atoms. The molecule has 0 unspecified atom stereocenters. The van der Waals surface area contributed by atoms with Gasteiger partial charge >= 0.3 is 0 Å². The summed E-state index contributed by atoms with van der Waals surface area (Å²) in [5.74, 6) is -0.0540. The maximum atomic E-state index is 11.8. The van der Waals surface area contributed by atoms with Gasteiger partial charge in [-0.15, -0.1) is 0 Å². The van der Waals surface area contributed by atoms with E-state index in [0.717, 1.165) is 58.4 Å². The summed E-state index contributed by atoms with van der Waals surface area (Å²) < 4.78 is 0. The lowest BCUT2D eigenvalue weighted by Gasteiger charge is -2.12. The van der Waals surface area contributed by atoms with E-state index in [-0.39, 0.29) is 11.9 Å². The van der Waals surface area contributed by atoms with Crippen molar-refractivity contribution in [3.8, 4) is 0 Å². The van der Waals surface area contributed by atoms with E-state index in [1.165, 1.54) is 0 Å². The molecule has 0 rings (SSSR count). The predicted octanol–water partition coefficient (Wildman–Crippen LogP) is -1.82. The van der Waals surface area contributed by atoms with Crippen molar-refractivity contribution < 1.29 is 4.79 Å². The average molecular weight is 359 g/mol. The number of nitrogens with one attached hydrogen (secondary N) is 3. The molecule has 0 aromatic rings. The summed E-state index contributed by atoms with van der Waals surface area (Å²) in [6.07, 6.45) is 5.48. The van der Waals surface area contributed by atoms with E-state index in [0.29, 0.717) is 25.9 Å². The molecule has 0 aliphatic heterocycles. The molecule has 9 nitrogen and oxygen atoms in total. The zero-order valence-corrected chi connectivity index (χ0v) is 15.4. The molecule has 11 N–H and O–H groups in total. The van der Waals surface area contributed by atoms with Crippen molar-refractivity contribution in [1.29, 1.82) is 0 Å². The van der Waals surface area contributed by atoms with Crippen molar-refractivity contribution in [2.45, 2.75) is 44.6 Å². The van der Waals surface area contributed by atoms with Crippen LogP contribution >= 0.6 is 0 Å². The van der Waals surface area contributed by atoms with Crippen molar-refractivity contribution in [2.75, 3.05) is 45.8 Å². The lowest BCUT2D eigenvalue weighted by Crippen LogP contribution is -2.41. The summed E-state index contributed by atoms with van der Waals surface area (Å²) in [6, 6.07) is -0.506. The number of carbonyl (C=O) groups excluding carboxylic acids is 1. The zero-order valence-electron chi connectivity index (χ0n) is 15.4. The normalized spacial score (nSPS) is 11.9. The second-order valence-electron chi connectivity index (χ2n) is 6.05. The van der Waals surface area contributed by atoms with Gasteiger partial charge in [0.15, 0.2) is 5.96 Å². The summed E-state index contributed by atoms with van der Waals surface area (Å²) in [4.78, 5) is 15.7. The third-order valence-electron chi connectivity index (χ3n) is 3.65. The van der Waals surface area contributed by atoms with Crippen molar-refractivity contribution in [2.24, 2.45) is 27.9 Å². The Morgan fingerprint density at radius 1 is 0.880 bits per heavy atom. The molecule has 0 saturated carbocycles. The van der Waals surface area contributed by atoms with E-state index >= 15 is 0 Å². The second-order valence-corrected chi connectivity index (χ2v) is 6.05. The number of rotatable bonds is 17. The van der Waals surface area contributed by atoms with Crippen LogP contribution in [0.4, 0.5) is 0 Å². The zero-order chi connectivity index (χ0) is 18.8. The fraction of sp³-hybridized carbons (Fsp3) is 0.875. The van der Waals surface area contributed by atoms with Gasteiger partial charge in [-0.05, 0) is 71.2 Å². The molecule has 1 amide bonds. The highest BCUT2D eigenvalue weighted by atomic mass is 16.2. The lowest BCUT2D eigenvalue weighted by atomic mass is 10.1. The maximum absolute atomic E-state index is 11.8. The molecule has 25 heavy (non-hydrogen) atoms. The third-order valence-corrected chi connectivity index (χ3v) is 3.65. The largest absolute Gasteiger partial charge is 0.370 e. The van der Waals surface area contributed by atoms with Crippen LogP contribution in [0, 0.1) is 0 Å². The van der Waals surface area contributed by atoms with Gasteiger partial charge in [-0.25, -0.2) is 0 Å². The van der Waals surface area contributed by atoms with Crippen LogP contribution in [0.1, 0.15) is 38.5 Å². The topological polar surface area (TPSA) is 170 Å². The van der Waals surface area contributed by atoms with Crippen molar-refractivity contribution in [3.63, 3.8) is 0 Å². The van der Waals surface area contributed by atoms with E-state index < -0.39 is 6.04 Å². The van der Waals surface area contributed by atoms with Gasteiger partial charge in [0, 0.05) is 13.1 Å². The van der Waals surface area contributed by atoms with Gasteiger partial charge in [-0.2, -0.15) is 0 Å². The average Bonchev–Trinajstić information content (AvgIpc) is 2.59. The number of unbranched alkanes of at least 4 members (excludes halogenated alkanes) is 1. The summed E-state index contributed by atoms with van der Waals surface area (Å²) in [6.45, 7) is 5.80. The van der Waals surface area contributed by atoms with E-state index in [1.807, 2.05) is 0 Å². The van der Waals surface area contributed by atoms with Gasteiger partial charge in [0.05, 0.1) is 6.04 Å². The number of guanidine groups is 1. The number of aliphatic imine (C=N–C) groups is 1. The Morgan fingerprint density at radius 3 is 2.08 bits per heavy atom.